The van der Waals surface area contributed by atoms with Gasteiger partial charge in [-0.15, -0.1) is 24.0 Å². The topological polar surface area (TPSA) is 60.0 Å². The molecule has 1 amide bonds. The first-order valence-corrected chi connectivity index (χ1v) is 9.47. The summed E-state index contributed by atoms with van der Waals surface area (Å²) >= 11 is 0. The van der Waals surface area contributed by atoms with E-state index in [2.05, 4.69) is 50.2 Å². The summed E-state index contributed by atoms with van der Waals surface area (Å²) in [5, 5.41) is 6.80. The number of aliphatic imine (C=N–C) groups is 1. The second-order valence-corrected chi connectivity index (χ2v) is 7.01. The highest BCUT2D eigenvalue weighted by molar-refractivity contribution is 14.0. The van der Waals surface area contributed by atoms with Crippen LogP contribution in [0, 0.1) is 0 Å². The standard InChI is InChI=1S/C18H37N5O.HI/c1-7-17(24)22-11-9-16(13-22)21-18(19-8-2)20-10-12-23(14(3)4)15(5)6;/h14-16H,7-13H2,1-6H3,(H2,19,20,21);1H. The minimum atomic E-state index is 0. The Morgan fingerprint density at radius 1 is 1.24 bits per heavy atom. The van der Waals surface area contributed by atoms with Crippen molar-refractivity contribution in [3.8, 4) is 0 Å². The highest BCUT2D eigenvalue weighted by Crippen LogP contribution is 2.10. The van der Waals surface area contributed by atoms with Gasteiger partial charge in [-0.25, -0.2) is 0 Å². The van der Waals surface area contributed by atoms with Gasteiger partial charge in [-0.05, 0) is 41.0 Å². The maximum atomic E-state index is 11.8. The predicted molar refractivity (Wildman–Crippen MR) is 117 cm³/mol. The molecule has 7 heteroatoms. The van der Waals surface area contributed by atoms with Crippen LogP contribution in [0.3, 0.4) is 0 Å². The summed E-state index contributed by atoms with van der Waals surface area (Å²) in [6, 6.07) is 1.35. The fourth-order valence-corrected chi connectivity index (χ4v) is 3.23. The van der Waals surface area contributed by atoms with Gasteiger partial charge in [0.1, 0.15) is 0 Å². The lowest BCUT2D eigenvalue weighted by molar-refractivity contribution is -0.129. The van der Waals surface area contributed by atoms with Gasteiger partial charge in [-0.3, -0.25) is 14.7 Å². The van der Waals surface area contributed by atoms with Crippen molar-refractivity contribution in [2.75, 3.05) is 32.7 Å². The average molecular weight is 467 g/mol. The number of guanidine groups is 1. The maximum Gasteiger partial charge on any atom is 0.222 e. The minimum absolute atomic E-state index is 0. The number of nitrogens with one attached hydrogen (secondary N) is 2. The molecule has 1 fully saturated rings. The first-order valence-electron chi connectivity index (χ1n) is 9.47. The molecule has 0 radical (unpaired) electrons. The van der Waals surface area contributed by atoms with Crippen LogP contribution in [0.4, 0.5) is 0 Å². The van der Waals surface area contributed by atoms with Crippen LogP contribution in [0.1, 0.15) is 54.4 Å². The summed E-state index contributed by atoms with van der Waals surface area (Å²) in [6.45, 7) is 17.1. The molecule has 148 valence electrons. The molecule has 0 aromatic heterocycles. The Balaban J connectivity index is 0.00000576. The monoisotopic (exact) mass is 467 g/mol. The van der Waals surface area contributed by atoms with Gasteiger partial charge in [0, 0.05) is 50.7 Å². The van der Waals surface area contributed by atoms with Crippen molar-refractivity contribution >= 4 is 35.8 Å². The summed E-state index contributed by atoms with van der Waals surface area (Å²) < 4.78 is 0. The number of hydrogen-bond donors (Lipinski definition) is 2. The van der Waals surface area contributed by atoms with Crippen molar-refractivity contribution in [3.05, 3.63) is 0 Å². The molecule has 0 aromatic rings. The summed E-state index contributed by atoms with van der Waals surface area (Å²) in [5.41, 5.74) is 0. The molecular formula is C18H38IN5O. The van der Waals surface area contributed by atoms with Crippen LogP contribution in [0.2, 0.25) is 0 Å². The number of halogens is 1. The van der Waals surface area contributed by atoms with E-state index in [1.54, 1.807) is 0 Å². The number of rotatable bonds is 8. The first kappa shape index (κ1) is 24.4. The summed E-state index contributed by atoms with van der Waals surface area (Å²) in [4.78, 5) is 20.9. The molecule has 1 aliphatic rings. The second-order valence-electron chi connectivity index (χ2n) is 7.01. The minimum Gasteiger partial charge on any atom is -0.357 e. The van der Waals surface area contributed by atoms with Crippen LogP contribution in [0.15, 0.2) is 4.99 Å². The van der Waals surface area contributed by atoms with E-state index in [1.165, 1.54) is 0 Å². The third kappa shape index (κ3) is 8.57. The smallest absolute Gasteiger partial charge is 0.222 e. The lowest BCUT2D eigenvalue weighted by Gasteiger charge is -2.29. The van der Waals surface area contributed by atoms with Gasteiger partial charge >= 0.3 is 0 Å². The normalized spacial score (nSPS) is 18.0. The Hall–Kier alpha value is -0.570. The Kier molecular flexibility index (Phi) is 12.4. The maximum absolute atomic E-state index is 11.8. The van der Waals surface area contributed by atoms with E-state index in [1.807, 2.05) is 11.8 Å². The lowest BCUT2D eigenvalue weighted by Crippen LogP contribution is -2.45. The second kappa shape index (κ2) is 12.7. The SMILES string of the molecule is CCNC(=NCCN(C(C)C)C(C)C)NC1CCN(C(=O)CC)C1.I. The zero-order valence-corrected chi connectivity index (χ0v) is 19.2. The van der Waals surface area contributed by atoms with Gasteiger partial charge in [0.15, 0.2) is 5.96 Å². The molecule has 1 heterocycles. The van der Waals surface area contributed by atoms with E-state index >= 15 is 0 Å². The van der Waals surface area contributed by atoms with Gasteiger partial charge in [0.2, 0.25) is 5.91 Å². The zero-order chi connectivity index (χ0) is 18.1. The number of carbonyl (C=O) groups is 1. The van der Waals surface area contributed by atoms with Gasteiger partial charge in [-0.2, -0.15) is 0 Å². The zero-order valence-electron chi connectivity index (χ0n) is 16.8. The molecule has 25 heavy (non-hydrogen) atoms. The van der Waals surface area contributed by atoms with E-state index in [0.29, 0.717) is 24.5 Å². The van der Waals surface area contributed by atoms with Crippen LogP contribution in [0.5, 0.6) is 0 Å². The molecule has 1 saturated heterocycles. The first-order chi connectivity index (χ1) is 11.4. The Morgan fingerprint density at radius 2 is 1.88 bits per heavy atom. The van der Waals surface area contributed by atoms with E-state index in [9.17, 15) is 4.79 Å². The highest BCUT2D eigenvalue weighted by atomic mass is 127. The van der Waals surface area contributed by atoms with Crippen molar-refractivity contribution in [2.24, 2.45) is 4.99 Å². The molecular weight excluding hydrogens is 429 g/mol. The summed E-state index contributed by atoms with van der Waals surface area (Å²) in [5.74, 6) is 1.10. The van der Waals surface area contributed by atoms with Gasteiger partial charge < -0.3 is 15.5 Å². The molecule has 0 spiro atoms. The Morgan fingerprint density at radius 3 is 2.40 bits per heavy atom. The predicted octanol–water partition coefficient (Wildman–Crippen LogP) is 2.29. The van der Waals surface area contributed by atoms with E-state index in [-0.39, 0.29) is 29.9 Å². The van der Waals surface area contributed by atoms with Crippen LogP contribution >= 0.6 is 24.0 Å². The third-order valence-electron chi connectivity index (χ3n) is 4.48. The van der Waals surface area contributed by atoms with Crippen LogP contribution in [-0.4, -0.2) is 72.5 Å². The Labute approximate surface area is 171 Å². The molecule has 0 aliphatic carbocycles. The van der Waals surface area contributed by atoms with Gasteiger partial charge in [0.05, 0.1) is 6.54 Å². The van der Waals surface area contributed by atoms with Crippen LogP contribution in [-0.2, 0) is 4.79 Å². The molecule has 1 aliphatic heterocycles. The molecule has 2 N–H and O–H groups in total. The fourth-order valence-electron chi connectivity index (χ4n) is 3.23. The van der Waals surface area contributed by atoms with Gasteiger partial charge in [-0.1, -0.05) is 6.92 Å². The number of likely N-dealkylation sites (tertiary alicyclic amines) is 1. The van der Waals surface area contributed by atoms with Crippen molar-refractivity contribution in [1.82, 2.24) is 20.4 Å². The van der Waals surface area contributed by atoms with Crippen molar-refractivity contribution in [2.45, 2.75) is 72.5 Å². The largest absolute Gasteiger partial charge is 0.357 e. The molecule has 1 unspecified atom stereocenters. The number of amides is 1. The van der Waals surface area contributed by atoms with Crippen molar-refractivity contribution in [3.63, 3.8) is 0 Å². The highest BCUT2D eigenvalue weighted by Gasteiger charge is 2.25. The Bertz CT molecular complexity index is 406. The quantitative estimate of drug-likeness (QED) is 0.327. The molecule has 0 bridgehead atoms. The average Bonchev–Trinajstić information content (AvgIpc) is 2.98. The van der Waals surface area contributed by atoms with Crippen LogP contribution in [0.25, 0.3) is 0 Å². The van der Waals surface area contributed by atoms with E-state index < -0.39 is 0 Å². The fraction of sp³-hybridized carbons (Fsp3) is 0.889. The number of nitrogens with zero attached hydrogens (tertiary/aromatic N) is 3. The molecule has 0 aromatic carbocycles. The molecule has 1 rings (SSSR count). The number of hydrogen-bond acceptors (Lipinski definition) is 3. The summed E-state index contributed by atoms with van der Waals surface area (Å²) in [7, 11) is 0. The van der Waals surface area contributed by atoms with E-state index in [4.69, 9.17) is 4.99 Å². The summed E-state index contributed by atoms with van der Waals surface area (Å²) in [6.07, 6.45) is 1.57. The van der Waals surface area contributed by atoms with Crippen molar-refractivity contribution in [1.29, 1.82) is 0 Å². The third-order valence-corrected chi connectivity index (χ3v) is 4.48. The van der Waals surface area contributed by atoms with Gasteiger partial charge in [0.25, 0.3) is 0 Å². The molecule has 0 saturated carbocycles. The number of carbonyl (C=O) groups excluding carboxylic acids is 1. The molecule has 6 nitrogen and oxygen atoms in total. The van der Waals surface area contributed by atoms with Crippen molar-refractivity contribution < 1.29 is 4.79 Å². The van der Waals surface area contributed by atoms with Crippen LogP contribution < -0.4 is 10.6 Å². The van der Waals surface area contributed by atoms with E-state index in [0.717, 1.165) is 45.1 Å². The lowest BCUT2D eigenvalue weighted by atomic mass is 10.2. The molecule has 1 atom stereocenters.